The lowest BCUT2D eigenvalue weighted by atomic mass is 10.1. The number of ether oxygens (including phenoxy) is 1. The minimum Gasteiger partial charge on any atom is -0.496 e. The predicted octanol–water partition coefficient (Wildman–Crippen LogP) is 4.58. The smallest absolute Gasteiger partial charge is 0.416 e. The van der Waals surface area contributed by atoms with Crippen molar-refractivity contribution < 1.29 is 27.5 Å². The maximum absolute atomic E-state index is 12.8. The lowest BCUT2D eigenvalue weighted by Crippen LogP contribution is -2.15. The molecule has 5 nitrogen and oxygen atoms in total. The van der Waals surface area contributed by atoms with Gasteiger partial charge in [0, 0.05) is 18.7 Å². The monoisotopic (exact) mass is 386 g/mol. The molecule has 0 aromatic heterocycles. The number of carbonyl (C=O) groups is 2. The number of hydrogen-bond acceptors (Lipinski definition) is 3. The van der Waals surface area contributed by atoms with Gasteiger partial charge in [-0.2, -0.15) is 13.2 Å². The molecule has 26 heavy (non-hydrogen) atoms. The summed E-state index contributed by atoms with van der Waals surface area (Å²) in [6, 6.07) is 6.84. The third-order valence-corrected chi connectivity index (χ3v) is 3.60. The number of rotatable bonds is 4. The zero-order valence-electron chi connectivity index (χ0n) is 13.7. The first kappa shape index (κ1) is 19.6. The Morgan fingerprint density at radius 1 is 1.12 bits per heavy atom. The van der Waals surface area contributed by atoms with Crippen molar-refractivity contribution in [2.45, 2.75) is 13.1 Å². The average molecular weight is 387 g/mol. The second-order valence-electron chi connectivity index (χ2n) is 5.25. The molecule has 0 aliphatic rings. The summed E-state index contributed by atoms with van der Waals surface area (Å²) in [4.78, 5) is 23.6. The normalized spacial score (nSPS) is 11.0. The third-order valence-electron chi connectivity index (χ3n) is 3.29. The first-order chi connectivity index (χ1) is 12.1. The fraction of sp³-hybridized carbons (Fsp3) is 0.176. The second-order valence-corrected chi connectivity index (χ2v) is 5.65. The van der Waals surface area contributed by atoms with Crippen LogP contribution >= 0.6 is 11.6 Å². The molecule has 0 aliphatic carbocycles. The highest BCUT2D eigenvalue weighted by atomic mass is 35.5. The van der Waals surface area contributed by atoms with Gasteiger partial charge in [-0.1, -0.05) is 17.7 Å². The Kier molecular flexibility index (Phi) is 5.76. The molecule has 0 radical (unpaired) electrons. The van der Waals surface area contributed by atoms with E-state index in [1.54, 1.807) is 0 Å². The van der Waals surface area contributed by atoms with Crippen LogP contribution in [0.25, 0.3) is 0 Å². The predicted molar refractivity (Wildman–Crippen MR) is 91.7 cm³/mol. The summed E-state index contributed by atoms with van der Waals surface area (Å²) < 4.78 is 43.4. The lowest BCUT2D eigenvalue weighted by Gasteiger charge is -2.14. The summed E-state index contributed by atoms with van der Waals surface area (Å²) in [5.41, 5.74) is -0.675. The van der Waals surface area contributed by atoms with Crippen LogP contribution in [-0.2, 0) is 11.0 Å². The van der Waals surface area contributed by atoms with E-state index in [1.807, 2.05) is 0 Å². The molecule has 0 atom stereocenters. The molecule has 0 heterocycles. The molecule has 2 rings (SSSR count). The third kappa shape index (κ3) is 4.66. The molecule has 0 saturated carbocycles. The van der Waals surface area contributed by atoms with E-state index in [0.29, 0.717) is 0 Å². The SMILES string of the molecule is COc1cc(NC(C)=O)c(Cl)cc1C(=O)Nc1cccc(C(F)(F)F)c1. The molecular formula is C17H14ClF3N2O3. The van der Waals surface area contributed by atoms with E-state index < -0.39 is 17.6 Å². The molecule has 2 amide bonds. The first-order valence-electron chi connectivity index (χ1n) is 7.25. The number of methoxy groups -OCH3 is 1. The molecule has 2 N–H and O–H groups in total. The Morgan fingerprint density at radius 3 is 2.38 bits per heavy atom. The van der Waals surface area contributed by atoms with Gasteiger partial charge in [-0.25, -0.2) is 0 Å². The zero-order chi connectivity index (χ0) is 19.5. The molecule has 9 heteroatoms. The van der Waals surface area contributed by atoms with Crippen LogP contribution in [0.5, 0.6) is 5.75 Å². The van der Waals surface area contributed by atoms with Crippen molar-refractivity contribution in [3.05, 3.63) is 52.5 Å². The molecular weight excluding hydrogens is 373 g/mol. The van der Waals surface area contributed by atoms with E-state index >= 15 is 0 Å². The number of anilines is 2. The standard InChI is InChI=1S/C17H14ClF3N2O3/c1-9(24)22-14-8-15(26-2)12(7-13(14)18)16(25)23-11-5-3-4-10(6-11)17(19,20)21/h3-8H,1-2H3,(H,22,24)(H,23,25). The van der Waals surface area contributed by atoms with Crippen molar-refractivity contribution in [3.8, 4) is 5.75 Å². The summed E-state index contributed by atoms with van der Waals surface area (Å²) in [6.45, 7) is 1.29. The Morgan fingerprint density at radius 2 is 1.81 bits per heavy atom. The highest BCUT2D eigenvalue weighted by molar-refractivity contribution is 6.34. The fourth-order valence-electron chi connectivity index (χ4n) is 2.16. The van der Waals surface area contributed by atoms with Crippen molar-refractivity contribution in [2.24, 2.45) is 0 Å². The van der Waals surface area contributed by atoms with Crippen molar-refractivity contribution in [1.82, 2.24) is 0 Å². The Hall–Kier alpha value is -2.74. The van der Waals surface area contributed by atoms with Gasteiger partial charge in [-0.05, 0) is 24.3 Å². The number of nitrogens with one attached hydrogen (secondary N) is 2. The number of amides is 2. The molecule has 0 bridgehead atoms. The number of alkyl halides is 3. The van der Waals surface area contributed by atoms with Crippen LogP contribution in [0, 0.1) is 0 Å². The van der Waals surface area contributed by atoms with E-state index in [-0.39, 0.29) is 33.6 Å². The summed E-state index contributed by atoms with van der Waals surface area (Å²) in [7, 11) is 1.31. The Labute approximate surface area is 152 Å². The van der Waals surface area contributed by atoms with Gasteiger partial charge in [0.15, 0.2) is 0 Å². The topological polar surface area (TPSA) is 67.4 Å². The Balaban J connectivity index is 2.32. The van der Waals surface area contributed by atoms with Crippen LogP contribution in [0.4, 0.5) is 24.5 Å². The zero-order valence-corrected chi connectivity index (χ0v) is 14.5. The van der Waals surface area contributed by atoms with Crippen LogP contribution in [0.2, 0.25) is 5.02 Å². The van der Waals surface area contributed by atoms with Gasteiger partial charge in [-0.3, -0.25) is 9.59 Å². The molecule has 2 aromatic rings. The molecule has 0 spiro atoms. The van der Waals surface area contributed by atoms with E-state index in [9.17, 15) is 22.8 Å². The van der Waals surface area contributed by atoms with E-state index in [4.69, 9.17) is 16.3 Å². The van der Waals surface area contributed by atoms with Gasteiger partial charge < -0.3 is 15.4 Å². The number of hydrogen-bond donors (Lipinski definition) is 2. The van der Waals surface area contributed by atoms with Gasteiger partial charge in [0.2, 0.25) is 5.91 Å². The van der Waals surface area contributed by atoms with Gasteiger partial charge >= 0.3 is 6.18 Å². The van der Waals surface area contributed by atoms with E-state index in [1.165, 1.54) is 38.3 Å². The summed E-state index contributed by atoms with van der Waals surface area (Å²) in [5.74, 6) is -0.977. The number of carbonyl (C=O) groups excluding carboxylic acids is 2. The Bertz CT molecular complexity index is 854. The van der Waals surface area contributed by atoms with Crippen molar-refractivity contribution >= 4 is 34.8 Å². The minimum atomic E-state index is -4.53. The van der Waals surface area contributed by atoms with Crippen LogP contribution in [0.3, 0.4) is 0 Å². The summed E-state index contributed by atoms with van der Waals surface area (Å²) in [5, 5.41) is 4.93. The van der Waals surface area contributed by atoms with Crippen LogP contribution < -0.4 is 15.4 Å². The summed E-state index contributed by atoms with van der Waals surface area (Å²) >= 11 is 6.04. The molecule has 0 unspecified atom stereocenters. The minimum absolute atomic E-state index is 0.00372. The molecule has 0 fully saturated rings. The quantitative estimate of drug-likeness (QED) is 0.808. The van der Waals surface area contributed by atoms with Crippen molar-refractivity contribution in [1.29, 1.82) is 0 Å². The largest absolute Gasteiger partial charge is 0.496 e. The lowest BCUT2D eigenvalue weighted by molar-refractivity contribution is -0.137. The molecule has 0 aliphatic heterocycles. The molecule has 0 saturated heterocycles. The average Bonchev–Trinajstić information content (AvgIpc) is 2.55. The van der Waals surface area contributed by atoms with Gasteiger partial charge in [-0.15, -0.1) is 0 Å². The number of benzene rings is 2. The van der Waals surface area contributed by atoms with Gasteiger partial charge in [0.1, 0.15) is 5.75 Å². The van der Waals surface area contributed by atoms with Crippen molar-refractivity contribution in [3.63, 3.8) is 0 Å². The van der Waals surface area contributed by atoms with Crippen LogP contribution in [0.1, 0.15) is 22.8 Å². The number of halogens is 4. The van der Waals surface area contributed by atoms with Gasteiger partial charge in [0.05, 0.1) is 28.9 Å². The maximum Gasteiger partial charge on any atom is 0.416 e. The van der Waals surface area contributed by atoms with Gasteiger partial charge in [0.25, 0.3) is 5.91 Å². The summed E-state index contributed by atoms with van der Waals surface area (Å²) in [6.07, 6.45) is -4.53. The highest BCUT2D eigenvalue weighted by Crippen LogP contribution is 2.33. The van der Waals surface area contributed by atoms with Crippen molar-refractivity contribution in [2.75, 3.05) is 17.7 Å². The van der Waals surface area contributed by atoms with Crippen LogP contribution in [0.15, 0.2) is 36.4 Å². The second kappa shape index (κ2) is 7.65. The van der Waals surface area contributed by atoms with E-state index in [2.05, 4.69) is 10.6 Å². The van der Waals surface area contributed by atoms with E-state index in [0.717, 1.165) is 12.1 Å². The highest BCUT2D eigenvalue weighted by Gasteiger charge is 2.30. The fourth-order valence-corrected chi connectivity index (χ4v) is 2.37. The molecule has 138 valence electrons. The van der Waals surface area contributed by atoms with Crippen LogP contribution in [-0.4, -0.2) is 18.9 Å². The first-order valence-corrected chi connectivity index (χ1v) is 7.63. The maximum atomic E-state index is 12.8. The molecule has 2 aromatic carbocycles.